The normalized spacial score (nSPS) is 17.5. The second kappa shape index (κ2) is 10.9. The van der Waals surface area contributed by atoms with Crippen LogP contribution in [0.2, 0.25) is 0 Å². The number of likely N-dealkylation sites (tertiary alicyclic amines) is 1. The first-order chi connectivity index (χ1) is 16.4. The molecular weight excluding hydrogens is 428 g/mol. The van der Waals surface area contributed by atoms with Gasteiger partial charge in [-0.1, -0.05) is 29.8 Å². The summed E-state index contributed by atoms with van der Waals surface area (Å²) in [6.07, 6.45) is 1.62. The van der Waals surface area contributed by atoms with Crippen molar-refractivity contribution >= 4 is 23.2 Å². The highest BCUT2D eigenvalue weighted by Crippen LogP contribution is 2.29. The summed E-state index contributed by atoms with van der Waals surface area (Å²) in [4.78, 5) is 32.1. The van der Waals surface area contributed by atoms with Crippen LogP contribution in [0.5, 0.6) is 5.75 Å². The summed E-state index contributed by atoms with van der Waals surface area (Å²) in [5.74, 6) is 1.19. The lowest BCUT2D eigenvalue weighted by Crippen LogP contribution is -2.52. The number of anilines is 2. The maximum Gasteiger partial charge on any atom is 0.238 e. The first-order valence-electron chi connectivity index (χ1n) is 12.2. The molecule has 0 aromatic heterocycles. The minimum atomic E-state index is 0.00388. The molecule has 0 aliphatic carbocycles. The van der Waals surface area contributed by atoms with Crippen LogP contribution in [0.25, 0.3) is 0 Å². The van der Waals surface area contributed by atoms with E-state index in [-0.39, 0.29) is 17.7 Å². The Morgan fingerprint density at radius 2 is 1.68 bits per heavy atom. The van der Waals surface area contributed by atoms with E-state index in [9.17, 15) is 9.59 Å². The monoisotopic (exact) mass is 464 g/mol. The lowest BCUT2D eigenvalue weighted by Gasteiger charge is -2.39. The molecule has 2 aliphatic heterocycles. The maximum absolute atomic E-state index is 13.1. The van der Waals surface area contributed by atoms with Crippen molar-refractivity contribution in [1.29, 1.82) is 0 Å². The number of carbonyl (C=O) groups is 2. The van der Waals surface area contributed by atoms with Crippen molar-refractivity contribution in [3.05, 3.63) is 53.6 Å². The van der Waals surface area contributed by atoms with Gasteiger partial charge in [0, 0.05) is 37.8 Å². The molecule has 7 heteroatoms. The zero-order valence-electron chi connectivity index (χ0n) is 20.5. The molecule has 2 aromatic rings. The zero-order chi connectivity index (χ0) is 24.1. The van der Waals surface area contributed by atoms with Crippen LogP contribution in [0.4, 0.5) is 11.4 Å². The standard InChI is InChI=1S/C27H36N4O3/c1-20-8-9-23(21(2)18-20)28-26(32)19-29-12-10-22(11-13-29)27(33)31-16-14-30(15-17-31)24-6-4-5-7-25(24)34-3/h4-9,18,22H,10-17,19H2,1-3H3,(H,28,32). The van der Waals surface area contributed by atoms with Gasteiger partial charge in [0.25, 0.3) is 0 Å². The van der Waals surface area contributed by atoms with Crippen LogP contribution in [0.15, 0.2) is 42.5 Å². The molecule has 0 bridgehead atoms. The Labute approximate surface area is 202 Å². The Balaban J connectivity index is 1.22. The number of ether oxygens (including phenoxy) is 1. The maximum atomic E-state index is 13.1. The average Bonchev–Trinajstić information content (AvgIpc) is 2.86. The van der Waals surface area contributed by atoms with Gasteiger partial charge in [0.2, 0.25) is 11.8 Å². The van der Waals surface area contributed by atoms with Gasteiger partial charge in [0.1, 0.15) is 5.75 Å². The fourth-order valence-electron chi connectivity index (χ4n) is 5.00. The molecule has 2 aliphatic rings. The van der Waals surface area contributed by atoms with E-state index in [2.05, 4.69) is 27.2 Å². The van der Waals surface area contributed by atoms with Crippen LogP contribution in [0.3, 0.4) is 0 Å². The third-order valence-electron chi connectivity index (χ3n) is 6.98. The summed E-state index contributed by atoms with van der Waals surface area (Å²) in [5.41, 5.74) is 4.21. The van der Waals surface area contributed by atoms with Crippen molar-refractivity contribution in [2.24, 2.45) is 5.92 Å². The molecule has 2 heterocycles. The molecule has 4 rings (SSSR count). The Morgan fingerprint density at radius 3 is 2.35 bits per heavy atom. The van der Waals surface area contributed by atoms with Gasteiger partial charge in [-0.15, -0.1) is 0 Å². The summed E-state index contributed by atoms with van der Waals surface area (Å²) >= 11 is 0. The SMILES string of the molecule is COc1ccccc1N1CCN(C(=O)C2CCN(CC(=O)Nc3ccc(C)cc3C)CC2)CC1. The molecule has 7 nitrogen and oxygen atoms in total. The van der Waals surface area contributed by atoms with Crippen molar-refractivity contribution in [3.63, 3.8) is 0 Å². The van der Waals surface area contributed by atoms with Gasteiger partial charge in [-0.05, 0) is 63.5 Å². The Hall–Kier alpha value is -3.06. The van der Waals surface area contributed by atoms with Gasteiger partial charge >= 0.3 is 0 Å². The number of piperazine rings is 1. The molecule has 1 N–H and O–H groups in total. The lowest BCUT2D eigenvalue weighted by molar-refractivity contribution is -0.137. The van der Waals surface area contributed by atoms with Crippen LogP contribution < -0.4 is 15.0 Å². The van der Waals surface area contributed by atoms with Crippen LogP contribution in [-0.2, 0) is 9.59 Å². The largest absolute Gasteiger partial charge is 0.495 e. The smallest absolute Gasteiger partial charge is 0.238 e. The third-order valence-corrected chi connectivity index (χ3v) is 6.98. The highest BCUT2D eigenvalue weighted by Gasteiger charge is 2.31. The second-order valence-electron chi connectivity index (χ2n) is 9.40. The fourth-order valence-corrected chi connectivity index (χ4v) is 5.00. The molecular formula is C27H36N4O3. The number of amides is 2. The summed E-state index contributed by atoms with van der Waals surface area (Å²) in [6, 6.07) is 14.1. The van der Waals surface area contributed by atoms with Gasteiger partial charge in [-0.25, -0.2) is 0 Å². The van der Waals surface area contributed by atoms with Crippen LogP contribution in [-0.4, -0.2) is 74.5 Å². The molecule has 0 unspecified atom stereocenters. The van der Waals surface area contributed by atoms with E-state index >= 15 is 0 Å². The van der Waals surface area contributed by atoms with E-state index in [1.54, 1.807) is 7.11 Å². The first-order valence-corrected chi connectivity index (χ1v) is 12.2. The number of para-hydroxylation sites is 2. The molecule has 0 atom stereocenters. The van der Waals surface area contributed by atoms with Crippen LogP contribution in [0.1, 0.15) is 24.0 Å². The number of carbonyl (C=O) groups excluding carboxylic acids is 2. The quantitative estimate of drug-likeness (QED) is 0.711. The number of hydrogen-bond donors (Lipinski definition) is 1. The Kier molecular flexibility index (Phi) is 7.73. The molecule has 2 amide bonds. The van der Waals surface area contributed by atoms with Crippen molar-refractivity contribution < 1.29 is 14.3 Å². The van der Waals surface area contributed by atoms with E-state index < -0.39 is 0 Å². The average molecular weight is 465 g/mol. The van der Waals surface area contributed by atoms with E-state index in [1.165, 1.54) is 5.56 Å². The highest BCUT2D eigenvalue weighted by molar-refractivity contribution is 5.93. The molecule has 2 aromatic carbocycles. The third kappa shape index (κ3) is 5.70. The molecule has 0 radical (unpaired) electrons. The number of nitrogens with one attached hydrogen (secondary N) is 1. The number of hydrogen-bond acceptors (Lipinski definition) is 5. The molecule has 0 spiro atoms. The van der Waals surface area contributed by atoms with Crippen molar-refractivity contribution in [1.82, 2.24) is 9.80 Å². The fraction of sp³-hybridized carbons (Fsp3) is 0.481. The molecule has 2 fully saturated rings. The van der Waals surface area contributed by atoms with E-state index in [4.69, 9.17) is 4.74 Å². The van der Waals surface area contributed by atoms with E-state index in [0.717, 1.165) is 74.8 Å². The molecule has 182 valence electrons. The summed E-state index contributed by atoms with van der Waals surface area (Å²) in [6.45, 7) is 9.06. The van der Waals surface area contributed by atoms with Crippen LogP contribution >= 0.6 is 0 Å². The zero-order valence-corrected chi connectivity index (χ0v) is 20.5. The van der Waals surface area contributed by atoms with E-state index in [1.807, 2.05) is 49.1 Å². The predicted molar refractivity (Wildman–Crippen MR) is 135 cm³/mol. The second-order valence-corrected chi connectivity index (χ2v) is 9.40. The summed E-state index contributed by atoms with van der Waals surface area (Å²) in [7, 11) is 1.69. The van der Waals surface area contributed by atoms with Gasteiger partial charge in [0.15, 0.2) is 0 Å². The minimum absolute atomic E-state index is 0.00388. The van der Waals surface area contributed by atoms with Gasteiger partial charge in [-0.2, -0.15) is 0 Å². The number of piperidine rings is 1. The van der Waals surface area contributed by atoms with Crippen molar-refractivity contribution in [2.45, 2.75) is 26.7 Å². The number of rotatable bonds is 6. The molecule has 0 saturated carbocycles. The Morgan fingerprint density at radius 1 is 0.971 bits per heavy atom. The summed E-state index contributed by atoms with van der Waals surface area (Å²) < 4.78 is 5.49. The Bertz CT molecular complexity index is 1010. The topological polar surface area (TPSA) is 65.1 Å². The van der Waals surface area contributed by atoms with Crippen molar-refractivity contribution in [3.8, 4) is 5.75 Å². The van der Waals surface area contributed by atoms with Gasteiger partial charge in [0.05, 0.1) is 19.3 Å². The van der Waals surface area contributed by atoms with Gasteiger partial charge < -0.3 is 19.9 Å². The number of nitrogens with zero attached hydrogens (tertiary/aromatic N) is 3. The lowest BCUT2D eigenvalue weighted by atomic mass is 9.95. The number of methoxy groups -OCH3 is 1. The first kappa shape index (κ1) is 24.1. The van der Waals surface area contributed by atoms with Crippen LogP contribution in [0, 0.1) is 19.8 Å². The number of aryl methyl sites for hydroxylation is 2. The van der Waals surface area contributed by atoms with Crippen molar-refractivity contribution in [2.75, 3.05) is 63.1 Å². The minimum Gasteiger partial charge on any atom is -0.495 e. The summed E-state index contributed by atoms with van der Waals surface area (Å²) in [5, 5.41) is 3.03. The molecule has 2 saturated heterocycles. The molecule has 34 heavy (non-hydrogen) atoms. The number of benzene rings is 2. The van der Waals surface area contributed by atoms with E-state index in [0.29, 0.717) is 6.54 Å². The highest BCUT2D eigenvalue weighted by atomic mass is 16.5. The predicted octanol–water partition coefficient (Wildman–Crippen LogP) is 3.31. The van der Waals surface area contributed by atoms with Gasteiger partial charge in [-0.3, -0.25) is 14.5 Å².